The van der Waals surface area contributed by atoms with E-state index in [4.69, 9.17) is 9.84 Å². The average Bonchev–Trinajstić information content (AvgIpc) is 2.59. The summed E-state index contributed by atoms with van der Waals surface area (Å²) in [6.07, 6.45) is -5.09. The molecule has 1 aliphatic heterocycles. The third-order valence-corrected chi connectivity index (χ3v) is 3.84. The van der Waals surface area contributed by atoms with Gasteiger partial charge in [-0.05, 0) is 22.6 Å². The minimum absolute atomic E-state index is 0.232. The number of nitrogens with one attached hydrogen (secondary N) is 2. The largest absolute Gasteiger partial charge is 0.394 e. The summed E-state index contributed by atoms with van der Waals surface area (Å²) in [5, 5.41) is 28.1. The summed E-state index contributed by atoms with van der Waals surface area (Å²) < 4.78 is 19.2. The van der Waals surface area contributed by atoms with Crippen LogP contribution in [0.1, 0.15) is 5.69 Å². The van der Waals surface area contributed by atoms with Crippen LogP contribution in [0, 0.1) is 3.57 Å². The van der Waals surface area contributed by atoms with Crippen molar-refractivity contribution < 1.29 is 24.4 Å². The first-order valence-corrected chi connectivity index (χ1v) is 6.25. The molecule has 4 atom stereocenters. The highest BCUT2D eigenvalue weighted by Crippen LogP contribution is 2.40. The minimum atomic E-state index is -2.98. The van der Waals surface area contributed by atoms with E-state index in [9.17, 15) is 24.2 Å². The summed E-state index contributed by atoms with van der Waals surface area (Å²) >= 11 is 1.47. The van der Waals surface area contributed by atoms with Gasteiger partial charge in [0, 0.05) is 0 Å². The number of aliphatic hydroxyl groups excluding tert-OH is 3. The molecule has 0 saturated carbocycles. The van der Waals surface area contributed by atoms with Crippen LogP contribution >= 0.6 is 22.6 Å². The molecule has 0 radical (unpaired) electrons. The van der Waals surface area contributed by atoms with Crippen LogP contribution in [0.5, 0.6) is 0 Å². The molecule has 8 nitrogen and oxygen atoms in total. The van der Waals surface area contributed by atoms with Crippen LogP contribution in [-0.4, -0.2) is 50.2 Å². The number of hydrogen-bond donors (Lipinski definition) is 5. The highest BCUT2D eigenvalue weighted by molar-refractivity contribution is 14.1. The molecular formula is C9H10FIN2O6. The molecule has 0 aromatic carbocycles. The van der Waals surface area contributed by atoms with E-state index in [1.165, 1.54) is 22.6 Å². The number of ether oxygens (including phenoxy) is 1. The van der Waals surface area contributed by atoms with Crippen molar-refractivity contribution >= 4 is 22.6 Å². The van der Waals surface area contributed by atoms with Crippen LogP contribution in [-0.2, 0) is 10.6 Å². The molecule has 10 heteroatoms. The summed E-state index contributed by atoms with van der Waals surface area (Å²) in [7, 11) is 0. The molecule has 1 aromatic rings. The van der Waals surface area contributed by atoms with E-state index in [0.717, 1.165) is 0 Å². The van der Waals surface area contributed by atoms with Gasteiger partial charge in [-0.3, -0.25) is 9.78 Å². The predicted octanol–water partition coefficient (Wildman–Crippen LogP) is -2.10. The Morgan fingerprint density at radius 2 is 2.00 bits per heavy atom. The molecule has 1 saturated heterocycles. The summed E-state index contributed by atoms with van der Waals surface area (Å²) in [4.78, 5) is 26.5. The topological polar surface area (TPSA) is 136 Å². The lowest BCUT2D eigenvalue weighted by Crippen LogP contribution is -2.42. The molecule has 1 unspecified atom stereocenters. The zero-order chi connectivity index (χ0) is 14.4. The van der Waals surface area contributed by atoms with Crippen molar-refractivity contribution in [3.8, 4) is 0 Å². The van der Waals surface area contributed by atoms with Crippen LogP contribution in [0.4, 0.5) is 4.39 Å². The van der Waals surface area contributed by atoms with Crippen molar-refractivity contribution in [2.24, 2.45) is 0 Å². The molecule has 5 N–H and O–H groups in total. The molecule has 2 heterocycles. The van der Waals surface area contributed by atoms with Crippen molar-refractivity contribution in [1.29, 1.82) is 0 Å². The molecule has 0 bridgehead atoms. The zero-order valence-corrected chi connectivity index (χ0v) is 11.4. The first-order chi connectivity index (χ1) is 8.81. The van der Waals surface area contributed by atoms with Gasteiger partial charge in [0.25, 0.3) is 11.4 Å². The second kappa shape index (κ2) is 4.94. The van der Waals surface area contributed by atoms with Crippen molar-refractivity contribution in [2.45, 2.75) is 24.2 Å². The highest BCUT2D eigenvalue weighted by atomic mass is 127. The number of H-pyrrole nitrogens is 2. The van der Waals surface area contributed by atoms with Gasteiger partial charge in [-0.1, -0.05) is 0 Å². The molecule has 1 aromatic heterocycles. The monoisotopic (exact) mass is 388 g/mol. The Balaban J connectivity index is 2.58. The third kappa shape index (κ3) is 2.23. The van der Waals surface area contributed by atoms with Gasteiger partial charge >= 0.3 is 5.69 Å². The maximum absolute atomic E-state index is 14.7. The number of aliphatic hydroxyl groups is 3. The number of hydrogen-bond acceptors (Lipinski definition) is 6. The van der Waals surface area contributed by atoms with Gasteiger partial charge in [0.15, 0.2) is 0 Å². The lowest BCUT2D eigenvalue weighted by molar-refractivity contribution is -0.189. The van der Waals surface area contributed by atoms with E-state index in [1.807, 2.05) is 9.97 Å². The Kier molecular flexibility index (Phi) is 3.79. The van der Waals surface area contributed by atoms with Crippen molar-refractivity contribution in [3.63, 3.8) is 0 Å². The summed E-state index contributed by atoms with van der Waals surface area (Å²) in [6.45, 7) is -0.728. The Hall–Kier alpha value is -0.820. The lowest BCUT2D eigenvalue weighted by atomic mass is 10.0. The first-order valence-electron chi connectivity index (χ1n) is 5.17. The molecule has 1 fully saturated rings. The van der Waals surface area contributed by atoms with Crippen LogP contribution in [0.25, 0.3) is 0 Å². The van der Waals surface area contributed by atoms with Crippen LogP contribution in [0.2, 0.25) is 0 Å². The highest BCUT2D eigenvalue weighted by Gasteiger charge is 2.57. The molecule has 0 spiro atoms. The molecule has 19 heavy (non-hydrogen) atoms. The summed E-state index contributed by atoms with van der Waals surface area (Å²) in [5.74, 6) is -2.98. The molecule has 1 aliphatic rings. The van der Waals surface area contributed by atoms with Gasteiger partial charge in [-0.15, -0.1) is 0 Å². The first kappa shape index (κ1) is 14.6. The molecule has 106 valence electrons. The van der Waals surface area contributed by atoms with Crippen LogP contribution in [0.15, 0.2) is 9.59 Å². The molecular weight excluding hydrogens is 378 g/mol. The maximum Gasteiger partial charge on any atom is 0.326 e. The Morgan fingerprint density at radius 3 is 2.53 bits per heavy atom. The normalized spacial score (nSPS) is 34.7. The predicted molar refractivity (Wildman–Crippen MR) is 67.2 cm³/mol. The number of aromatic nitrogens is 2. The number of alkyl halides is 1. The van der Waals surface area contributed by atoms with Gasteiger partial charge in [0.2, 0.25) is 0 Å². The number of halogens is 2. The number of aromatic amines is 2. The van der Waals surface area contributed by atoms with Gasteiger partial charge in [-0.2, -0.15) is 0 Å². The maximum atomic E-state index is 14.7. The number of rotatable bonds is 2. The fraction of sp³-hybridized carbons (Fsp3) is 0.556. The van der Waals surface area contributed by atoms with Crippen molar-refractivity contribution in [2.75, 3.05) is 6.61 Å². The molecule has 0 aliphatic carbocycles. The van der Waals surface area contributed by atoms with E-state index < -0.39 is 47.7 Å². The second-order valence-corrected chi connectivity index (χ2v) is 5.10. The summed E-state index contributed by atoms with van der Waals surface area (Å²) in [5.41, 5.74) is -2.42. The second-order valence-electron chi connectivity index (χ2n) is 4.02. The molecule has 2 rings (SSSR count). The van der Waals surface area contributed by atoms with Crippen LogP contribution < -0.4 is 11.2 Å². The zero-order valence-electron chi connectivity index (χ0n) is 9.26. The van der Waals surface area contributed by atoms with E-state index >= 15 is 0 Å². The van der Waals surface area contributed by atoms with Gasteiger partial charge in [-0.25, -0.2) is 9.18 Å². The van der Waals surface area contributed by atoms with Gasteiger partial charge in [0.05, 0.1) is 6.61 Å². The SMILES string of the molecule is O=c1[nH]c(C2(F)O[C@H](CO)[C@@H](O)[C@@H]2O)c(I)c(=O)[nH]1. The summed E-state index contributed by atoms with van der Waals surface area (Å²) in [6, 6.07) is 0. The lowest BCUT2D eigenvalue weighted by Gasteiger charge is -2.23. The Morgan fingerprint density at radius 1 is 1.37 bits per heavy atom. The standard InChI is InChI=1S/C9H10FIN2O6/c10-9(6(16)4(15)2(1-14)19-9)5-3(11)7(17)13-8(18)12-5/h2,4,6,14-16H,1H2,(H2,12,13,17,18)/t2-,4-,6+,9?/m1/s1. The van der Waals surface area contributed by atoms with E-state index in [2.05, 4.69) is 0 Å². The Labute approximate surface area is 118 Å². The van der Waals surface area contributed by atoms with Crippen LogP contribution in [0.3, 0.4) is 0 Å². The van der Waals surface area contributed by atoms with E-state index in [1.54, 1.807) is 0 Å². The minimum Gasteiger partial charge on any atom is -0.394 e. The van der Waals surface area contributed by atoms with Gasteiger partial charge < -0.3 is 25.0 Å². The van der Waals surface area contributed by atoms with Crippen molar-refractivity contribution in [3.05, 3.63) is 30.1 Å². The van der Waals surface area contributed by atoms with Crippen molar-refractivity contribution in [1.82, 2.24) is 9.97 Å². The fourth-order valence-electron chi connectivity index (χ4n) is 1.84. The fourth-order valence-corrected chi connectivity index (χ4v) is 2.48. The average molecular weight is 388 g/mol. The Bertz CT molecular complexity index is 603. The van der Waals surface area contributed by atoms with E-state index in [0.29, 0.717) is 0 Å². The van der Waals surface area contributed by atoms with Gasteiger partial charge in [0.1, 0.15) is 27.6 Å². The third-order valence-electron chi connectivity index (χ3n) is 2.81. The van der Waals surface area contributed by atoms with E-state index in [-0.39, 0.29) is 3.57 Å². The quantitative estimate of drug-likeness (QED) is 0.369. The molecule has 0 amide bonds. The smallest absolute Gasteiger partial charge is 0.326 e.